The average Bonchev–Trinajstić information content (AvgIpc) is 3.01. The molecule has 1 aliphatic rings. The minimum atomic E-state index is -3.74. The van der Waals surface area contributed by atoms with E-state index < -0.39 is 19.9 Å². The van der Waals surface area contributed by atoms with E-state index in [0.29, 0.717) is 12.1 Å². The van der Waals surface area contributed by atoms with E-state index in [2.05, 4.69) is 9.82 Å². The van der Waals surface area contributed by atoms with Crippen LogP contribution < -0.4 is 4.72 Å². The summed E-state index contributed by atoms with van der Waals surface area (Å²) in [5.41, 5.74) is 0.625. The summed E-state index contributed by atoms with van der Waals surface area (Å²) < 4.78 is 52.2. The van der Waals surface area contributed by atoms with Crippen molar-refractivity contribution in [2.24, 2.45) is 0 Å². The zero-order valence-corrected chi connectivity index (χ0v) is 14.1. The van der Waals surface area contributed by atoms with Crippen molar-refractivity contribution in [3.05, 3.63) is 42.1 Å². The number of nitrogens with zero attached hydrogens (tertiary/aromatic N) is 2. The van der Waals surface area contributed by atoms with Gasteiger partial charge in [0.25, 0.3) is 10.0 Å². The maximum Gasteiger partial charge on any atom is 0.263 e. The number of aryl methyl sites for hydroxylation is 1. The summed E-state index contributed by atoms with van der Waals surface area (Å²) in [5.74, 6) is 0.365. The van der Waals surface area contributed by atoms with Gasteiger partial charge in [-0.25, -0.2) is 21.5 Å². The molecule has 7 nitrogen and oxygen atoms in total. The molecule has 1 fully saturated rings. The molecule has 0 unspecified atom stereocenters. The van der Waals surface area contributed by atoms with E-state index in [1.807, 2.05) is 0 Å². The first-order chi connectivity index (χ1) is 10.8. The Morgan fingerprint density at radius 1 is 1.26 bits per heavy atom. The van der Waals surface area contributed by atoms with E-state index in [4.69, 9.17) is 0 Å². The maximum absolute atomic E-state index is 12.4. The molecule has 0 radical (unpaired) electrons. The minimum Gasteiger partial charge on any atom is -0.264 e. The predicted octanol–water partition coefficient (Wildman–Crippen LogP) is 1.35. The van der Waals surface area contributed by atoms with Crippen LogP contribution in [-0.2, 0) is 19.9 Å². The largest absolute Gasteiger partial charge is 0.264 e. The summed E-state index contributed by atoms with van der Waals surface area (Å²) >= 11 is 0. The Morgan fingerprint density at radius 2 is 1.96 bits per heavy atom. The summed E-state index contributed by atoms with van der Waals surface area (Å²) in [5, 5.41) is 4.26. The van der Waals surface area contributed by atoms with Crippen LogP contribution in [0.5, 0.6) is 0 Å². The molecule has 1 aromatic heterocycles. The Morgan fingerprint density at radius 3 is 2.57 bits per heavy atom. The van der Waals surface area contributed by atoms with Crippen LogP contribution in [0.1, 0.15) is 18.2 Å². The highest BCUT2D eigenvalue weighted by molar-refractivity contribution is 7.92. The van der Waals surface area contributed by atoms with Crippen molar-refractivity contribution in [3.8, 4) is 0 Å². The number of rotatable bonds is 4. The Balaban J connectivity index is 1.93. The number of nitrogens with one attached hydrogen (secondary N) is 1. The highest BCUT2D eigenvalue weighted by atomic mass is 32.2. The number of anilines is 1. The summed E-state index contributed by atoms with van der Waals surface area (Å²) in [7, 11) is -6.83. The second-order valence-electron chi connectivity index (χ2n) is 5.59. The van der Waals surface area contributed by atoms with Crippen molar-refractivity contribution in [1.82, 2.24) is 9.78 Å². The average molecular weight is 355 g/mol. The molecule has 1 atom stereocenters. The monoisotopic (exact) mass is 355 g/mol. The van der Waals surface area contributed by atoms with Gasteiger partial charge in [-0.05, 0) is 25.5 Å². The van der Waals surface area contributed by atoms with E-state index in [1.165, 1.54) is 16.8 Å². The van der Waals surface area contributed by atoms with Gasteiger partial charge in [-0.15, -0.1) is 0 Å². The number of benzene rings is 1. The molecule has 0 spiro atoms. The van der Waals surface area contributed by atoms with Gasteiger partial charge in [0.2, 0.25) is 0 Å². The molecule has 0 bridgehead atoms. The molecule has 1 aromatic carbocycles. The highest BCUT2D eigenvalue weighted by Crippen LogP contribution is 2.28. The molecule has 2 aromatic rings. The van der Waals surface area contributed by atoms with Crippen LogP contribution in [-0.4, -0.2) is 38.1 Å². The van der Waals surface area contributed by atoms with Crippen molar-refractivity contribution >= 4 is 25.7 Å². The first kappa shape index (κ1) is 16.0. The van der Waals surface area contributed by atoms with Crippen molar-refractivity contribution in [2.75, 3.05) is 16.2 Å². The molecule has 2 heterocycles. The van der Waals surface area contributed by atoms with Crippen molar-refractivity contribution in [3.63, 3.8) is 0 Å². The molecular formula is C14H17N3O4S2. The fraction of sp³-hybridized carbons (Fsp3) is 0.357. The molecule has 1 aliphatic heterocycles. The molecule has 1 N–H and O–H groups in total. The smallest absolute Gasteiger partial charge is 0.263 e. The van der Waals surface area contributed by atoms with Crippen LogP contribution in [0.25, 0.3) is 0 Å². The van der Waals surface area contributed by atoms with Gasteiger partial charge in [-0.1, -0.05) is 18.2 Å². The molecule has 124 valence electrons. The second kappa shape index (κ2) is 5.64. The third-order valence-corrected chi connectivity index (χ3v) is 6.83. The standard InChI is InChI=1S/C14H17N3O4S2/c1-11-9-14(16-23(20,21)13-5-3-2-4-6-13)17(15-11)12-7-8-22(18,19)10-12/h2-6,9,12,16H,7-8,10H2,1H3/t12-/m1/s1. The van der Waals surface area contributed by atoms with Crippen LogP contribution >= 0.6 is 0 Å². The first-order valence-electron chi connectivity index (χ1n) is 7.11. The van der Waals surface area contributed by atoms with E-state index >= 15 is 0 Å². The molecule has 1 saturated heterocycles. The first-order valence-corrected chi connectivity index (χ1v) is 10.4. The van der Waals surface area contributed by atoms with Crippen molar-refractivity contribution < 1.29 is 16.8 Å². The quantitative estimate of drug-likeness (QED) is 0.893. The highest BCUT2D eigenvalue weighted by Gasteiger charge is 2.32. The Hall–Kier alpha value is -1.87. The SMILES string of the molecule is Cc1cc(NS(=O)(=O)c2ccccc2)n([C@@H]2CCS(=O)(=O)C2)n1. The van der Waals surface area contributed by atoms with E-state index in [-0.39, 0.29) is 28.3 Å². The summed E-state index contributed by atoms with van der Waals surface area (Å²) in [4.78, 5) is 0.143. The topological polar surface area (TPSA) is 98.1 Å². The Labute approximate surface area is 135 Å². The lowest BCUT2D eigenvalue weighted by Crippen LogP contribution is -2.19. The van der Waals surface area contributed by atoms with Crippen molar-refractivity contribution in [2.45, 2.75) is 24.3 Å². The fourth-order valence-electron chi connectivity index (χ4n) is 2.64. The predicted molar refractivity (Wildman–Crippen MR) is 86.5 cm³/mol. The van der Waals surface area contributed by atoms with Gasteiger partial charge >= 0.3 is 0 Å². The van der Waals surface area contributed by atoms with Gasteiger partial charge < -0.3 is 0 Å². The van der Waals surface area contributed by atoms with Crippen LogP contribution in [0.4, 0.5) is 5.82 Å². The Kier molecular flexibility index (Phi) is 3.93. The zero-order chi connectivity index (χ0) is 16.7. The summed E-state index contributed by atoms with van der Waals surface area (Å²) in [6.07, 6.45) is 0.434. The fourth-order valence-corrected chi connectivity index (χ4v) is 5.39. The number of sulfonamides is 1. The van der Waals surface area contributed by atoms with Crippen LogP contribution in [0.2, 0.25) is 0 Å². The van der Waals surface area contributed by atoms with Gasteiger partial charge in [0.1, 0.15) is 5.82 Å². The van der Waals surface area contributed by atoms with Gasteiger partial charge in [0.15, 0.2) is 9.84 Å². The third kappa shape index (κ3) is 3.40. The van der Waals surface area contributed by atoms with Gasteiger partial charge in [0.05, 0.1) is 28.1 Å². The Bertz CT molecular complexity index is 918. The van der Waals surface area contributed by atoms with Gasteiger partial charge in [-0.3, -0.25) is 4.72 Å². The summed E-state index contributed by atoms with van der Waals surface area (Å²) in [6, 6.07) is 9.26. The molecular weight excluding hydrogens is 338 g/mol. The van der Waals surface area contributed by atoms with Crippen molar-refractivity contribution in [1.29, 1.82) is 0 Å². The normalized spacial score (nSPS) is 20.5. The zero-order valence-electron chi connectivity index (χ0n) is 12.5. The number of hydrogen-bond donors (Lipinski definition) is 1. The maximum atomic E-state index is 12.4. The van der Waals surface area contributed by atoms with Crippen LogP contribution in [0.15, 0.2) is 41.3 Å². The van der Waals surface area contributed by atoms with E-state index in [0.717, 1.165) is 0 Å². The third-order valence-electron chi connectivity index (χ3n) is 3.70. The lowest BCUT2D eigenvalue weighted by Gasteiger charge is -2.14. The molecule has 23 heavy (non-hydrogen) atoms. The van der Waals surface area contributed by atoms with E-state index in [9.17, 15) is 16.8 Å². The van der Waals surface area contributed by atoms with Crippen LogP contribution in [0.3, 0.4) is 0 Å². The number of hydrogen-bond acceptors (Lipinski definition) is 5. The van der Waals surface area contributed by atoms with E-state index in [1.54, 1.807) is 31.2 Å². The van der Waals surface area contributed by atoms with Gasteiger partial charge in [0, 0.05) is 6.07 Å². The summed E-state index contributed by atoms with van der Waals surface area (Å²) in [6.45, 7) is 1.74. The molecule has 0 saturated carbocycles. The second-order valence-corrected chi connectivity index (χ2v) is 9.50. The van der Waals surface area contributed by atoms with Gasteiger partial charge in [-0.2, -0.15) is 5.10 Å². The minimum absolute atomic E-state index is 0.0197. The molecule has 0 amide bonds. The number of aromatic nitrogens is 2. The lowest BCUT2D eigenvalue weighted by atomic mass is 10.3. The molecule has 3 rings (SSSR count). The number of sulfone groups is 1. The molecule has 9 heteroatoms. The lowest BCUT2D eigenvalue weighted by molar-refractivity contribution is 0.503. The molecule has 0 aliphatic carbocycles. The van der Waals surface area contributed by atoms with Crippen LogP contribution in [0, 0.1) is 6.92 Å².